The van der Waals surface area contributed by atoms with Gasteiger partial charge < -0.3 is 10.6 Å². The van der Waals surface area contributed by atoms with Gasteiger partial charge in [0.1, 0.15) is 15.7 Å². The maximum absolute atomic E-state index is 13.0. The number of hydrogen-bond acceptors (Lipinski definition) is 4. The Labute approximate surface area is 132 Å². The number of benzene rings is 1. The Hall–Kier alpha value is -1.79. The summed E-state index contributed by atoms with van der Waals surface area (Å²) in [5, 5.41) is 7.08. The summed E-state index contributed by atoms with van der Waals surface area (Å²) in [6.45, 7) is 3.66. The lowest BCUT2D eigenvalue weighted by molar-refractivity contribution is 0.0934. The first-order chi connectivity index (χ1) is 10.6. The molecule has 1 aliphatic heterocycles. The molecule has 116 valence electrons. The van der Waals surface area contributed by atoms with E-state index in [0.717, 1.165) is 36.5 Å². The molecule has 2 N–H and O–H groups in total. The Bertz CT molecular complexity index is 663. The maximum atomic E-state index is 13.0. The second-order valence-electron chi connectivity index (χ2n) is 5.46. The van der Waals surface area contributed by atoms with E-state index in [1.54, 1.807) is 12.1 Å². The number of halogens is 1. The lowest BCUT2D eigenvalue weighted by atomic mass is 10.1. The normalized spacial score (nSPS) is 18.2. The molecule has 1 aliphatic rings. The van der Waals surface area contributed by atoms with E-state index in [0.29, 0.717) is 10.6 Å². The fourth-order valence-corrected chi connectivity index (χ4v) is 3.52. The van der Waals surface area contributed by atoms with Crippen LogP contribution in [0.25, 0.3) is 10.6 Å². The SMILES string of the molecule is Cc1nc(-c2ccc(F)cc2)sc1C(=O)N[C@H]1CCCNC1. The van der Waals surface area contributed by atoms with E-state index in [-0.39, 0.29) is 17.8 Å². The molecular weight excluding hydrogens is 301 g/mol. The Morgan fingerprint density at radius 2 is 2.18 bits per heavy atom. The lowest BCUT2D eigenvalue weighted by Gasteiger charge is -2.23. The summed E-state index contributed by atoms with van der Waals surface area (Å²) < 4.78 is 13.0. The standard InChI is InChI=1S/C16H18FN3OS/c1-10-14(15(21)20-13-3-2-8-18-9-13)22-16(19-10)11-4-6-12(17)7-5-11/h4-7,13,18H,2-3,8-9H2,1H3,(H,20,21)/t13-/m0/s1. The molecule has 1 fully saturated rings. The van der Waals surface area contributed by atoms with Crippen molar-refractivity contribution in [1.82, 2.24) is 15.6 Å². The van der Waals surface area contributed by atoms with Crippen molar-refractivity contribution in [3.63, 3.8) is 0 Å². The van der Waals surface area contributed by atoms with Crippen LogP contribution in [-0.4, -0.2) is 30.0 Å². The smallest absolute Gasteiger partial charge is 0.263 e. The predicted octanol–water partition coefficient (Wildman–Crippen LogP) is 2.74. The van der Waals surface area contributed by atoms with E-state index in [9.17, 15) is 9.18 Å². The molecule has 0 aliphatic carbocycles. The summed E-state index contributed by atoms with van der Waals surface area (Å²) in [7, 11) is 0. The third kappa shape index (κ3) is 3.34. The topological polar surface area (TPSA) is 54.0 Å². The summed E-state index contributed by atoms with van der Waals surface area (Å²) in [5.41, 5.74) is 1.54. The molecule has 6 heteroatoms. The van der Waals surface area contributed by atoms with Crippen LogP contribution in [-0.2, 0) is 0 Å². The molecular formula is C16H18FN3OS. The first kappa shape index (κ1) is 15.1. The summed E-state index contributed by atoms with van der Waals surface area (Å²) in [4.78, 5) is 17.5. The minimum absolute atomic E-state index is 0.0722. The number of nitrogens with one attached hydrogen (secondary N) is 2. The molecule has 2 heterocycles. The molecule has 0 saturated carbocycles. The third-order valence-corrected chi connectivity index (χ3v) is 4.93. The van der Waals surface area contributed by atoms with Gasteiger partial charge in [-0.25, -0.2) is 9.37 Å². The van der Waals surface area contributed by atoms with Crippen LogP contribution in [0.5, 0.6) is 0 Å². The predicted molar refractivity (Wildman–Crippen MR) is 85.6 cm³/mol. The Morgan fingerprint density at radius 3 is 2.86 bits per heavy atom. The zero-order chi connectivity index (χ0) is 15.5. The van der Waals surface area contributed by atoms with Crippen LogP contribution in [0.2, 0.25) is 0 Å². The van der Waals surface area contributed by atoms with Crippen LogP contribution in [0.15, 0.2) is 24.3 Å². The second-order valence-corrected chi connectivity index (χ2v) is 6.46. The highest BCUT2D eigenvalue weighted by molar-refractivity contribution is 7.17. The van der Waals surface area contributed by atoms with E-state index >= 15 is 0 Å². The maximum Gasteiger partial charge on any atom is 0.263 e. The van der Waals surface area contributed by atoms with Gasteiger partial charge in [0, 0.05) is 18.2 Å². The minimum Gasteiger partial charge on any atom is -0.347 e. The molecule has 1 aromatic carbocycles. The van der Waals surface area contributed by atoms with Crippen LogP contribution in [0, 0.1) is 12.7 Å². The highest BCUT2D eigenvalue weighted by Gasteiger charge is 2.20. The van der Waals surface area contributed by atoms with Crippen molar-refractivity contribution in [2.24, 2.45) is 0 Å². The van der Waals surface area contributed by atoms with Crippen LogP contribution < -0.4 is 10.6 Å². The fourth-order valence-electron chi connectivity index (χ4n) is 2.55. The first-order valence-electron chi connectivity index (χ1n) is 7.38. The van der Waals surface area contributed by atoms with Gasteiger partial charge in [0.2, 0.25) is 0 Å². The summed E-state index contributed by atoms with van der Waals surface area (Å²) >= 11 is 1.35. The van der Waals surface area contributed by atoms with Gasteiger partial charge in [0.25, 0.3) is 5.91 Å². The van der Waals surface area contributed by atoms with Crippen LogP contribution in [0.1, 0.15) is 28.2 Å². The zero-order valence-electron chi connectivity index (χ0n) is 12.4. The van der Waals surface area contributed by atoms with Gasteiger partial charge in [0.15, 0.2) is 0 Å². The molecule has 22 heavy (non-hydrogen) atoms. The van der Waals surface area contributed by atoms with E-state index in [1.165, 1.54) is 23.5 Å². The molecule has 1 saturated heterocycles. The minimum atomic E-state index is -0.278. The molecule has 1 amide bonds. The van der Waals surface area contributed by atoms with E-state index < -0.39 is 0 Å². The fraction of sp³-hybridized carbons (Fsp3) is 0.375. The highest BCUT2D eigenvalue weighted by atomic mass is 32.1. The quantitative estimate of drug-likeness (QED) is 0.914. The van der Waals surface area contributed by atoms with Crippen molar-refractivity contribution in [2.45, 2.75) is 25.8 Å². The molecule has 4 nitrogen and oxygen atoms in total. The number of rotatable bonds is 3. The Balaban J connectivity index is 1.76. The van der Waals surface area contributed by atoms with Crippen LogP contribution in [0.3, 0.4) is 0 Å². The van der Waals surface area contributed by atoms with Gasteiger partial charge in [-0.1, -0.05) is 0 Å². The van der Waals surface area contributed by atoms with Gasteiger partial charge in [-0.2, -0.15) is 0 Å². The number of nitrogens with zero attached hydrogens (tertiary/aromatic N) is 1. The van der Waals surface area contributed by atoms with Crippen molar-refractivity contribution < 1.29 is 9.18 Å². The number of hydrogen-bond donors (Lipinski definition) is 2. The summed E-state index contributed by atoms with van der Waals surface area (Å²) in [5.74, 6) is -0.350. The summed E-state index contributed by atoms with van der Waals surface area (Å²) in [6.07, 6.45) is 2.08. The van der Waals surface area contributed by atoms with Crippen LogP contribution >= 0.6 is 11.3 Å². The van der Waals surface area contributed by atoms with Gasteiger partial charge in [-0.15, -0.1) is 11.3 Å². The Morgan fingerprint density at radius 1 is 1.41 bits per heavy atom. The van der Waals surface area contributed by atoms with Crippen molar-refractivity contribution in [1.29, 1.82) is 0 Å². The van der Waals surface area contributed by atoms with E-state index in [1.807, 2.05) is 6.92 Å². The van der Waals surface area contributed by atoms with Gasteiger partial charge in [-0.3, -0.25) is 4.79 Å². The van der Waals surface area contributed by atoms with E-state index in [2.05, 4.69) is 15.6 Å². The Kier molecular flexibility index (Phi) is 4.49. The zero-order valence-corrected chi connectivity index (χ0v) is 13.2. The molecule has 0 radical (unpaired) electrons. The van der Waals surface area contributed by atoms with Crippen molar-refractivity contribution in [3.05, 3.63) is 40.7 Å². The lowest BCUT2D eigenvalue weighted by Crippen LogP contribution is -2.45. The molecule has 0 bridgehead atoms. The van der Waals surface area contributed by atoms with Crippen molar-refractivity contribution in [3.8, 4) is 10.6 Å². The largest absolute Gasteiger partial charge is 0.347 e. The average Bonchev–Trinajstić information content (AvgIpc) is 2.91. The number of carbonyl (C=O) groups excluding carboxylic acids is 1. The van der Waals surface area contributed by atoms with Gasteiger partial charge in [0.05, 0.1) is 5.69 Å². The molecule has 3 rings (SSSR count). The second kappa shape index (κ2) is 6.54. The van der Waals surface area contributed by atoms with Crippen molar-refractivity contribution in [2.75, 3.05) is 13.1 Å². The number of aryl methyl sites for hydroxylation is 1. The van der Waals surface area contributed by atoms with E-state index in [4.69, 9.17) is 0 Å². The molecule has 1 atom stereocenters. The molecule has 0 unspecified atom stereocenters. The monoisotopic (exact) mass is 319 g/mol. The van der Waals surface area contributed by atoms with Gasteiger partial charge >= 0.3 is 0 Å². The number of piperidine rings is 1. The number of thiazole rings is 1. The molecule has 0 spiro atoms. The molecule has 2 aromatic rings. The average molecular weight is 319 g/mol. The number of aromatic nitrogens is 1. The van der Waals surface area contributed by atoms with Crippen LogP contribution in [0.4, 0.5) is 4.39 Å². The first-order valence-corrected chi connectivity index (χ1v) is 8.20. The third-order valence-electron chi connectivity index (χ3n) is 3.73. The number of amides is 1. The van der Waals surface area contributed by atoms with Gasteiger partial charge in [-0.05, 0) is 50.6 Å². The van der Waals surface area contributed by atoms with Crippen molar-refractivity contribution >= 4 is 17.2 Å². The number of carbonyl (C=O) groups is 1. The summed E-state index contributed by atoms with van der Waals surface area (Å²) in [6, 6.07) is 6.34. The molecule has 1 aromatic heterocycles. The highest BCUT2D eigenvalue weighted by Crippen LogP contribution is 2.28.